The van der Waals surface area contributed by atoms with E-state index < -0.39 is 0 Å². The second-order valence-electron chi connectivity index (χ2n) is 5.12. The van der Waals surface area contributed by atoms with Crippen LogP contribution in [0.4, 0.5) is 0 Å². The maximum atomic E-state index is 6.26. The molecule has 21 heavy (non-hydrogen) atoms. The average Bonchev–Trinajstić information content (AvgIpc) is 2.41. The van der Waals surface area contributed by atoms with Gasteiger partial charge in [0.1, 0.15) is 16.4 Å². The summed E-state index contributed by atoms with van der Waals surface area (Å²) in [4.78, 5) is 4.53. The van der Waals surface area contributed by atoms with Gasteiger partial charge in [-0.25, -0.2) is 4.98 Å². The lowest BCUT2D eigenvalue weighted by Gasteiger charge is -2.14. The summed E-state index contributed by atoms with van der Waals surface area (Å²) in [6.45, 7) is 6.13. The van der Waals surface area contributed by atoms with Crippen molar-refractivity contribution in [2.24, 2.45) is 5.73 Å². The fraction of sp³-hybridized carbons (Fsp3) is 0.250. The zero-order valence-corrected chi connectivity index (χ0v) is 13.8. The zero-order valence-electron chi connectivity index (χ0n) is 12.2. The van der Waals surface area contributed by atoms with Crippen LogP contribution >= 0.6 is 23.8 Å². The molecule has 1 aromatic heterocycles. The molecule has 2 N–H and O–H groups in total. The van der Waals surface area contributed by atoms with E-state index in [2.05, 4.69) is 18.8 Å². The molecular weight excluding hydrogens is 304 g/mol. The first kappa shape index (κ1) is 15.7. The molecule has 1 heterocycles. The highest BCUT2D eigenvalue weighted by Gasteiger charge is 2.11. The van der Waals surface area contributed by atoms with E-state index in [0.717, 1.165) is 21.9 Å². The van der Waals surface area contributed by atoms with Crippen LogP contribution in [0.5, 0.6) is 11.6 Å². The molecule has 0 amide bonds. The highest BCUT2D eigenvalue weighted by molar-refractivity contribution is 7.80. The van der Waals surface area contributed by atoms with E-state index in [9.17, 15) is 0 Å². The van der Waals surface area contributed by atoms with Crippen molar-refractivity contribution in [3.8, 4) is 11.6 Å². The Morgan fingerprint density at radius 2 is 2.05 bits per heavy atom. The quantitative estimate of drug-likeness (QED) is 0.837. The van der Waals surface area contributed by atoms with Crippen molar-refractivity contribution in [1.29, 1.82) is 0 Å². The van der Waals surface area contributed by atoms with Crippen molar-refractivity contribution in [2.45, 2.75) is 26.7 Å². The fourth-order valence-electron chi connectivity index (χ4n) is 1.94. The topological polar surface area (TPSA) is 48.1 Å². The Bertz CT molecular complexity index is 686. The molecule has 0 atom stereocenters. The van der Waals surface area contributed by atoms with Gasteiger partial charge in [-0.2, -0.15) is 0 Å². The third kappa shape index (κ3) is 3.71. The molecule has 0 radical (unpaired) electrons. The third-order valence-electron chi connectivity index (χ3n) is 3.11. The first-order chi connectivity index (χ1) is 9.88. The monoisotopic (exact) mass is 320 g/mol. The number of benzene rings is 1. The molecule has 0 fully saturated rings. The number of halogens is 1. The summed E-state index contributed by atoms with van der Waals surface area (Å²) in [5.41, 5.74) is 8.12. The predicted molar refractivity (Wildman–Crippen MR) is 90.5 cm³/mol. The molecule has 0 unspecified atom stereocenters. The first-order valence-electron chi connectivity index (χ1n) is 6.63. The Morgan fingerprint density at radius 3 is 2.67 bits per heavy atom. The number of pyridine rings is 1. The molecule has 0 saturated carbocycles. The number of hydrogen-bond acceptors (Lipinski definition) is 3. The number of nitrogens with two attached hydrogens (primary N) is 1. The van der Waals surface area contributed by atoms with Gasteiger partial charge in [-0.15, -0.1) is 0 Å². The number of aryl methyl sites for hydroxylation is 1. The molecule has 3 nitrogen and oxygen atoms in total. The van der Waals surface area contributed by atoms with E-state index in [0.29, 0.717) is 17.5 Å². The van der Waals surface area contributed by atoms with Crippen LogP contribution in [0.15, 0.2) is 30.3 Å². The maximum Gasteiger partial charge on any atom is 0.219 e. The largest absolute Gasteiger partial charge is 0.439 e. The molecule has 1 aromatic carbocycles. The Kier molecular flexibility index (Phi) is 4.80. The zero-order chi connectivity index (χ0) is 15.6. The summed E-state index contributed by atoms with van der Waals surface area (Å²) < 4.78 is 5.86. The summed E-state index contributed by atoms with van der Waals surface area (Å²) in [6, 6.07) is 9.20. The summed E-state index contributed by atoms with van der Waals surface area (Å²) in [5, 5.41) is 0.750. The van der Waals surface area contributed by atoms with Crippen LogP contribution in [0.2, 0.25) is 5.02 Å². The Hall–Kier alpha value is -1.65. The van der Waals surface area contributed by atoms with Crippen molar-refractivity contribution in [2.75, 3.05) is 0 Å². The molecule has 2 aromatic rings. The minimum absolute atomic E-state index is 0.246. The normalized spacial score (nSPS) is 10.7. The minimum atomic E-state index is 0.246. The predicted octanol–water partition coefficient (Wildman–Crippen LogP) is 4.59. The molecule has 2 rings (SSSR count). The average molecular weight is 321 g/mol. The highest BCUT2D eigenvalue weighted by Crippen LogP contribution is 2.33. The van der Waals surface area contributed by atoms with Gasteiger partial charge in [0.05, 0.1) is 0 Å². The summed E-state index contributed by atoms with van der Waals surface area (Å²) >= 11 is 11.2. The number of hydrogen-bond donors (Lipinski definition) is 1. The van der Waals surface area contributed by atoms with Gasteiger partial charge in [0.25, 0.3) is 0 Å². The van der Waals surface area contributed by atoms with Crippen molar-refractivity contribution in [3.63, 3.8) is 0 Å². The second-order valence-corrected chi connectivity index (χ2v) is 5.97. The Labute approximate surface area is 135 Å². The van der Waals surface area contributed by atoms with Crippen molar-refractivity contribution < 1.29 is 4.74 Å². The van der Waals surface area contributed by atoms with E-state index in [4.69, 9.17) is 34.3 Å². The molecule has 110 valence electrons. The molecule has 0 aliphatic rings. The van der Waals surface area contributed by atoms with Crippen molar-refractivity contribution in [1.82, 2.24) is 4.98 Å². The first-order valence-corrected chi connectivity index (χ1v) is 7.42. The van der Waals surface area contributed by atoms with Gasteiger partial charge in [-0.1, -0.05) is 43.7 Å². The lowest BCUT2D eigenvalue weighted by atomic mass is 10.0. The molecule has 5 heteroatoms. The lowest BCUT2D eigenvalue weighted by molar-refractivity contribution is 0.458. The van der Waals surface area contributed by atoms with Gasteiger partial charge in [-0.3, -0.25) is 0 Å². The Balaban J connectivity index is 2.37. The number of nitrogens with zero attached hydrogens (tertiary/aromatic N) is 1. The van der Waals surface area contributed by atoms with Gasteiger partial charge in [0.2, 0.25) is 5.88 Å². The summed E-state index contributed by atoms with van der Waals surface area (Å²) in [7, 11) is 0. The van der Waals surface area contributed by atoms with Crippen LogP contribution in [0, 0.1) is 6.92 Å². The Morgan fingerprint density at radius 1 is 1.33 bits per heavy atom. The van der Waals surface area contributed by atoms with Gasteiger partial charge >= 0.3 is 0 Å². The van der Waals surface area contributed by atoms with Crippen molar-refractivity contribution in [3.05, 3.63) is 52.2 Å². The number of thiocarbonyl (C=S) groups is 1. The van der Waals surface area contributed by atoms with E-state index in [-0.39, 0.29) is 4.99 Å². The summed E-state index contributed by atoms with van der Waals surface area (Å²) in [5.74, 6) is 1.51. The van der Waals surface area contributed by atoms with E-state index in [1.807, 2.05) is 25.1 Å². The molecule has 0 aliphatic carbocycles. The third-order valence-corrected chi connectivity index (χ3v) is 3.64. The minimum Gasteiger partial charge on any atom is -0.439 e. The molecular formula is C16H17ClN2OS. The van der Waals surface area contributed by atoms with Crippen LogP contribution < -0.4 is 10.5 Å². The van der Waals surface area contributed by atoms with Gasteiger partial charge in [0.15, 0.2) is 0 Å². The smallest absolute Gasteiger partial charge is 0.219 e. The highest BCUT2D eigenvalue weighted by atomic mass is 35.5. The lowest BCUT2D eigenvalue weighted by Crippen LogP contribution is -2.11. The second kappa shape index (κ2) is 6.41. The van der Waals surface area contributed by atoms with Gasteiger partial charge in [0, 0.05) is 11.1 Å². The molecule has 0 aliphatic heterocycles. The van der Waals surface area contributed by atoms with Crippen molar-refractivity contribution >= 4 is 28.8 Å². The van der Waals surface area contributed by atoms with Gasteiger partial charge in [-0.05, 0) is 42.2 Å². The van der Waals surface area contributed by atoms with Crippen LogP contribution in [-0.4, -0.2) is 9.97 Å². The maximum absolute atomic E-state index is 6.26. The van der Waals surface area contributed by atoms with Crippen LogP contribution in [0.25, 0.3) is 0 Å². The standard InChI is InChI=1S/C16H17ClN2OS/c1-9(2)11-8-14(10(3)7-12(11)17)20-15-6-4-5-13(19-15)16(18)21/h4-9H,1-3H3,(H2,18,21). The number of rotatable bonds is 4. The SMILES string of the molecule is Cc1cc(Cl)c(C(C)C)cc1Oc1cccc(C(N)=S)n1. The molecule has 0 saturated heterocycles. The fourth-order valence-corrected chi connectivity index (χ4v) is 2.49. The van der Waals surface area contributed by atoms with Crippen LogP contribution in [0.1, 0.15) is 36.6 Å². The van der Waals surface area contributed by atoms with E-state index >= 15 is 0 Å². The van der Waals surface area contributed by atoms with Crippen LogP contribution in [-0.2, 0) is 0 Å². The summed E-state index contributed by atoms with van der Waals surface area (Å²) in [6.07, 6.45) is 0. The molecule has 0 spiro atoms. The van der Waals surface area contributed by atoms with E-state index in [1.54, 1.807) is 12.1 Å². The number of aromatic nitrogens is 1. The number of ether oxygens (including phenoxy) is 1. The van der Waals surface area contributed by atoms with Crippen LogP contribution in [0.3, 0.4) is 0 Å². The molecule has 0 bridgehead atoms. The van der Waals surface area contributed by atoms with Gasteiger partial charge < -0.3 is 10.5 Å². The van der Waals surface area contributed by atoms with E-state index in [1.165, 1.54) is 0 Å².